The summed E-state index contributed by atoms with van der Waals surface area (Å²) in [4.78, 5) is 31.9. The lowest BCUT2D eigenvalue weighted by molar-refractivity contribution is -0.132. The molecule has 0 saturated carbocycles. The van der Waals surface area contributed by atoms with E-state index >= 15 is 0 Å². The molecular formula is C29H19ClN4O3S2. The minimum absolute atomic E-state index is 0.0476. The molecule has 1 amide bonds. The number of carbonyl (C=O) groups is 2. The van der Waals surface area contributed by atoms with Gasteiger partial charge >= 0.3 is 5.91 Å². The second-order valence-corrected chi connectivity index (χ2v) is 11.4. The number of benzene rings is 3. The number of aromatic nitrogens is 3. The van der Waals surface area contributed by atoms with Crippen LogP contribution in [0.2, 0.25) is 5.02 Å². The lowest BCUT2D eigenvalue weighted by Gasteiger charge is -2.22. The van der Waals surface area contributed by atoms with Crippen molar-refractivity contribution in [3.05, 3.63) is 119 Å². The van der Waals surface area contributed by atoms with E-state index < -0.39 is 17.7 Å². The third-order valence-electron chi connectivity index (χ3n) is 6.40. The summed E-state index contributed by atoms with van der Waals surface area (Å²) in [6.07, 6.45) is 3.01. The Balaban J connectivity index is 1.37. The SMILES string of the molecule is O=C1C(=O)N(c2nnc(SCc3cccc4ccccc34)s2)C(c2cccc(Cl)c2)/C1=C(\O)c1ccncc1. The van der Waals surface area contributed by atoms with Crippen molar-refractivity contribution in [2.75, 3.05) is 4.90 Å². The van der Waals surface area contributed by atoms with Crippen LogP contribution in [0.3, 0.4) is 0 Å². The number of hydrogen-bond donors (Lipinski definition) is 1. The summed E-state index contributed by atoms with van der Waals surface area (Å²) in [5.41, 5.74) is 2.05. The Labute approximate surface area is 236 Å². The molecule has 1 fully saturated rings. The number of Topliss-reactive ketones (excluding diaryl/α,β-unsaturated/α-hetero) is 1. The zero-order chi connectivity index (χ0) is 26.9. The van der Waals surface area contributed by atoms with Crippen LogP contribution in [-0.4, -0.2) is 32.0 Å². The number of ketones is 1. The Bertz CT molecular complexity index is 1750. The fraction of sp³-hybridized carbons (Fsp3) is 0.0690. The van der Waals surface area contributed by atoms with Gasteiger partial charge in [-0.25, -0.2) is 0 Å². The van der Waals surface area contributed by atoms with Gasteiger partial charge in [-0.3, -0.25) is 19.5 Å². The van der Waals surface area contributed by atoms with Crippen LogP contribution in [0.4, 0.5) is 5.13 Å². The molecule has 1 aliphatic heterocycles. The van der Waals surface area contributed by atoms with Crippen molar-refractivity contribution >= 4 is 68.1 Å². The average molecular weight is 571 g/mol. The van der Waals surface area contributed by atoms with Gasteiger partial charge in [0.15, 0.2) is 4.34 Å². The monoisotopic (exact) mass is 570 g/mol. The van der Waals surface area contributed by atoms with E-state index in [1.54, 1.807) is 36.4 Å². The summed E-state index contributed by atoms with van der Waals surface area (Å²) in [6, 6.07) is 23.4. The summed E-state index contributed by atoms with van der Waals surface area (Å²) in [5.74, 6) is -1.24. The third kappa shape index (κ3) is 4.80. The molecule has 1 N–H and O–H groups in total. The van der Waals surface area contributed by atoms with Gasteiger partial charge in [-0.1, -0.05) is 89.3 Å². The Morgan fingerprint density at radius 1 is 0.974 bits per heavy atom. The Morgan fingerprint density at radius 2 is 1.74 bits per heavy atom. The van der Waals surface area contributed by atoms with E-state index in [4.69, 9.17) is 11.6 Å². The zero-order valence-electron chi connectivity index (χ0n) is 20.2. The normalized spacial score (nSPS) is 16.7. The van der Waals surface area contributed by atoms with Crippen molar-refractivity contribution in [2.45, 2.75) is 16.1 Å². The fourth-order valence-corrected chi connectivity index (χ4v) is 6.67. The molecule has 1 aliphatic rings. The molecule has 192 valence electrons. The van der Waals surface area contributed by atoms with E-state index in [9.17, 15) is 14.7 Å². The van der Waals surface area contributed by atoms with Crippen molar-refractivity contribution in [2.24, 2.45) is 0 Å². The standard InChI is InChI=1S/C29H19ClN4O3S2/c30-21-9-4-7-19(15-21)24-23(25(35)18-11-13-31-14-12-18)26(36)27(37)34(24)28-32-33-29(39-28)38-16-20-8-3-6-17-5-1-2-10-22(17)20/h1-15,24,35H,16H2/b25-23+. The molecule has 0 bridgehead atoms. The van der Waals surface area contributed by atoms with Crippen LogP contribution in [0.25, 0.3) is 16.5 Å². The quantitative estimate of drug-likeness (QED) is 0.0801. The number of nitrogens with zero attached hydrogens (tertiary/aromatic N) is 4. The van der Waals surface area contributed by atoms with E-state index in [1.807, 2.05) is 18.2 Å². The fourth-order valence-electron chi connectivity index (χ4n) is 4.60. The molecule has 0 aliphatic carbocycles. The van der Waals surface area contributed by atoms with Crippen LogP contribution in [0, 0.1) is 0 Å². The summed E-state index contributed by atoms with van der Waals surface area (Å²) in [5, 5.41) is 22.8. The molecule has 5 aromatic rings. The highest BCUT2D eigenvalue weighted by Crippen LogP contribution is 2.44. The summed E-state index contributed by atoms with van der Waals surface area (Å²) >= 11 is 9.00. The first kappa shape index (κ1) is 25.2. The molecule has 7 nitrogen and oxygen atoms in total. The number of thioether (sulfide) groups is 1. The molecule has 3 aromatic carbocycles. The highest BCUT2D eigenvalue weighted by Gasteiger charge is 2.48. The number of pyridine rings is 1. The largest absolute Gasteiger partial charge is 0.507 e. The molecule has 0 radical (unpaired) electrons. The van der Waals surface area contributed by atoms with E-state index in [0.29, 0.717) is 26.2 Å². The topological polar surface area (TPSA) is 96.3 Å². The smallest absolute Gasteiger partial charge is 0.301 e. The van der Waals surface area contributed by atoms with Gasteiger partial charge in [0.1, 0.15) is 5.76 Å². The van der Waals surface area contributed by atoms with Crippen LogP contribution < -0.4 is 4.90 Å². The summed E-state index contributed by atoms with van der Waals surface area (Å²) in [6.45, 7) is 0. The Morgan fingerprint density at radius 3 is 2.56 bits per heavy atom. The average Bonchev–Trinajstić information content (AvgIpc) is 3.54. The van der Waals surface area contributed by atoms with Crippen LogP contribution >= 0.6 is 34.7 Å². The van der Waals surface area contributed by atoms with E-state index in [1.165, 1.54) is 45.8 Å². The van der Waals surface area contributed by atoms with Gasteiger partial charge in [-0.05, 0) is 46.2 Å². The number of aliphatic hydroxyl groups excluding tert-OH is 1. The van der Waals surface area contributed by atoms with Crippen LogP contribution in [0.5, 0.6) is 0 Å². The van der Waals surface area contributed by atoms with Crippen LogP contribution in [-0.2, 0) is 15.3 Å². The molecular weight excluding hydrogens is 552 g/mol. The first-order valence-corrected chi connectivity index (χ1v) is 14.1. The van der Waals surface area contributed by atoms with Crippen molar-refractivity contribution in [1.82, 2.24) is 15.2 Å². The zero-order valence-corrected chi connectivity index (χ0v) is 22.6. The molecule has 1 unspecified atom stereocenters. The maximum Gasteiger partial charge on any atom is 0.301 e. The number of rotatable bonds is 6. The lowest BCUT2D eigenvalue weighted by Crippen LogP contribution is -2.29. The Hall–Kier alpha value is -4.05. The number of amides is 1. The van der Waals surface area contributed by atoms with E-state index in [2.05, 4.69) is 39.4 Å². The first-order valence-electron chi connectivity index (χ1n) is 11.9. The van der Waals surface area contributed by atoms with Gasteiger partial charge in [0.25, 0.3) is 5.78 Å². The predicted octanol–water partition coefficient (Wildman–Crippen LogP) is 6.66. The van der Waals surface area contributed by atoms with Crippen molar-refractivity contribution < 1.29 is 14.7 Å². The van der Waals surface area contributed by atoms with Crippen molar-refractivity contribution in [3.63, 3.8) is 0 Å². The second kappa shape index (κ2) is 10.6. The predicted molar refractivity (Wildman–Crippen MR) is 154 cm³/mol. The molecule has 1 saturated heterocycles. The highest BCUT2D eigenvalue weighted by atomic mass is 35.5. The maximum absolute atomic E-state index is 13.4. The van der Waals surface area contributed by atoms with Crippen LogP contribution in [0.1, 0.15) is 22.7 Å². The first-order chi connectivity index (χ1) is 19.0. The van der Waals surface area contributed by atoms with Gasteiger partial charge in [0.05, 0.1) is 11.6 Å². The third-order valence-corrected chi connectivity index (χ3v) is 8.74. The van der Waals surface area contributed by atoms with Gasteiger partial charge in [0, 0.05) is 28.7 Å². The van der Waals surface area contributed by atoms with Gasteiger partial charge in [-0.2, -0.15) is 0 Å². The number of hydrogen-bond acceptors (Lipinski definition) is 8. The summed E-state index contributed by atoms with van der Waals surface area (Å²) < 4.78 is 0.652. The molecule has 0 spiro atoms. The van der Waals surface area contributed by atoms with Gasteiger partial charge in [0.2, 0.25) is 5.13 Å². The maximum atomic E-state index is 13.4. The minimum atomic E-state index is -0.930. The van der Waals surface area contributed by atoms with Gasteiger partial charge in [-0.15, -0.1) is 10.2 Å². The molecule has 3 heterocycles. The van der Waals surface area contributed by atoms with Crippen molar-refractivity contribution in [3.8, 4) is 0 Å². The summed E-state index contributed by atoms with van der Waals surface area (Å²) in [7, 11) is 0. The molecule has 39 heavy (non-hydrogen) atoms. The molecule has 1 atom stereocenters. The Kier molecular flexibility index (Phi) is 6.86. The van der Waals surface area contributed by atoms with Crippen molar-refractivity contribution in [1.29, 1.82) is 0 Å². The number of fused-ring (bicyclic) bond motifs is 1. The van der Waals surface area contributed by atoms with Gasteiger partial charge < -0.3 is 5.11 Å². The number of halogens is 1. The number of aliphatic hydroxyl groups is 1. The number of carbonyl (C=O) groups excluding carboxylic acids is 2. The van der Waals surface area contributed by atoms with E-state index in [0.717, 1.165) is 10.9 Å². The molecule has 10 heteroatoms. The lowest BCUT2D eigenvalue weighted by atomic mass is 9.96. The minimum Gasteiger partial charge on any atom is -0.507 e. The highest BCUT2D eigenvalue weighted by molar-refractivity contribution is 8.00. The second-order valence-electron chi connectivity index (χ2n) is 8.74. The molecule has 6 rings (SSSR count). The number of anilines is 1. The van der Waals surface area contributed by atoms with E-state index in [-0.39, 0.29) is 16.5 Å². The molecule has 2 aromatic heterocycles. The van der Waals surface area contributed by atoms with Crippen LogP contribution in [0.15, 0.2) is 101 Å².